The number of aromatic nitrogens is 2. The van der Waals surface area contributed by atoms with E-state index >= 15 is 0 Å². The van der Waals surface area contributed by atoms with Crippen LogP contribution in [-0.4, -0.2) is 47.0 Å². The SMILES string of the molecule is O=C(c1ccc(-c2cccc(Cl)c2Cl)o1)N1CCN(c2ncccn2)CC1. The number of rotatable bonds is 3. The molecule has 1 aliphatic rings. The molecule has 3 heterocycles. The first-order chi connectivity index (χ1) is 13.1. The highest BCUT2D eigenvalue weighted by Gasteiger charge is 2.25. The highest BCUT2D eigenvalue weighted by atomic mass is 35.5. The van der Waals surface area contributed by atoms with Crippen molar-refractivity contribution in [1.29, 1.82) is 0 Å². The first kappa shape index (κ1) is 17.8. The molecule has 0 bridgehead atoms. The number of hydrogen-bond donors (Lipinski definition) is 0. The molecule has 0 aliphatic carbocycles. The summed E-state index contributed by atoms with van der Waals surface area (Å²) in [4.78, 5) is 25.1. The number of benzene rings is 1. The number of nitrogens with zero attached hydrogens (tertiary/aromatic N) is 4. The Bertz CT molecular complexity index is 953. The van der Waals surface area contributed by atoms with Crippen molar-refractivity contribution in [2.45, 2.75) is 0 Å². The standard InChI is InChI=1S/C19H16Cl2N4O2/c20-14-4-1-3-13(17(14)21)15-5-6-16(27-15)18(26)24-9-11-25(12-10-24)19-22-7-2-8-23-19/h1-8H,9-12H2. The Morgan fingerprint density at radius 3 is 2.44 bits per heavy atom. The lowest BCUT2D eigenvalue weighted by Crippen LogP contribution is -2.49. The lowest BCUT2D eigenvalue weighted by atomic mass is 10.2. The molecule has 2 aromatic heterocycles. The lowest BCUT2D eigenvalue weighted by molar-refractivity contribution is 0.0715. The van der Waals surface area contributed by atoms with Gasteiger partial charge in [0, 0.05) is 44.1 Å². The fourth-order valence-corrected chi connectivity index (χ4v) is 3.41. The van der Waals surface area contributed by atoms with Crippen molar-refractivity contribution in [2.24, 2.45) is 0 Å². The topological polar surface area (TPSA) is 62.5 Å². The molecule has 6 nitrogen and oxygen atoms in total. The summed E-state index contributed by atoms with van der Waals surface area (Å²) in [5, 5.41) is 0.849. The van der Waals surface area contributed by atoms with Gasteiger partial charge in [-0.15, -0.1) is 0 Å². The maximum atomic E-state index is 12.8. The van der Waals surface area contributed by atoms with Crippen LogP contribution in [0.15, 0.2) is 53.2 Å². The van der Waals surface area contributed by atoms with Gasteiger partial charge >= 0.3 is 0 Å². The number of furan rings is 1. The molecule has 1 aliphatic heterocycles. The molecule has 27 heavy (non-hydrogen) atoms. The molecule has 1 fully saturated rings. The lowest BCUT2D eigenvalue weighted by Gasteiger charge is -2.34. The van der Waals surface area contributed by atoms with Crippen LogP contribution in [0.5, 0.6) is 0 Å². The zero-order valence-corrected chi connectivity index (χ0v) is 15.8. The molecule has 1 aromatic carbocycles. The van der Waals surface area contributed by atoms with Crippen molar-refractivity contribution >= 4 is 35.1 Å². The van der Waals surface area contributed by atoms with Gasteiger partial charge < -0.3 is 14.2 Å². The zero-order valence-electron chi connectivity index (χ0n) is 14.3. The minimum absolute atomic E-state index is 0.145. The number of carbonyl (C=O) groups is 1. The van der Waals surface area contributed by atoms with Crippen molar-refractivity contribution in [2.75, 3.05) is 31.1 Å². The van der Waals surface area contributed by atoms with E-state index in [1.807, 2.05) is 0 Å². The predicted molar refractivity (Wildman–Crippen MR) is 104 cm³/mol. The van der Waals surface area contributed by atoms with Gasteiger partial charge in [-0.05, 0) is 30.3 Å². The van der Waals surface area contributed by atoms with Gasteiger partial charge in [-0.3, -0.25) is 4.79 Å². The smallest absolute Gasteiger partial charge is 0.289 e. The Morgan fingerprint density at radius 1 is 0.963 bits per heavy atom. The fraction of sp³-hybridized carbons (Fsp3) is 0.211. The summed E-state index contributed by atoms with van der Waals surface area (Å²) in [6.07, 6.45) is 3.43. The summed E-state index contributed by atoms with van der Waals surface area (Å²) in [6, 6.07) is 10.5. The third-order valence-electron chi connectivity index (χ3n) is 4.44. The van der Waals surface area contributed by atoms with Gasteiger partial charge in [0.05, 0.1) is 10.0 Å². The van der Waals surface area contributed by atoms with Crippen LogP contribution in [0.25, 0.3) is 11.3 Å². The molecule has 1 amide bonds. The third-order valence-corrected chi connectivity index (χ3v) is 5.25. The van der Waals surface area contributed by atoms with E-state index in [0.29, 0.717) is 53.5 Å². The van der Waals surface area contributed by atoms with Crippen LogP contribution in [0.2, 0.25) is 10.0 Å². The van der Waals surface area contributed by atoms with E-state index in [9.17, 15) is 4.79 Å². The average Bonchev–Trinajstić information content (AvgIpc) is 3.20. The van der Waals surface area contributed by atoms with E-state index in [4.69, 9.17) is 27.6 Å². The second-order valence-electron chi connectivity index (χ2n) is 6.09. The Labute approximate surface area is 166 Å². The molecule has 0 atom stereocenters. The van der Waals surface area contributed by atoms with Crippen molar-refractivity contribution in [1.82, 2.24) is 14.9 Å². The molecule has 0 radical (unpaired) electrons. The average molecular weight is 403 g/mol. The van der Waals surface area contributed by atoms with Gasteiger partial charge in [-0.25, -0.2) is 9.97 Å². The number of halogens is 2. The van der Waals surface area contributed by atoms with E-state index in [2.05, 4.69) is 14.9 Å². The Morgan fingerprint density at radius 2 is 1.70 bits per heavy atom. The third kappa shape index (κ3) is 3.63. The van der Waals surface area contributed by atoms with E-state index in [-0.39, 0.29) is 11.7 Å². The minimum Gasteiger partial charge on any atom is -0.451 e. The quantitative estimate of drug-likeness (QED) is 0.662. The predicted octanol–water partition coefficient (Wildman–Crippen LogP) is 4.01. The first-order valence-electron chi connectivity index (χ1n) is 8.49. The summed E-state index contributed by atoms with van der Waals surface area (Å²) in [5.41, 5.74) is 0.661. The van der Waals surface area contributed by atoms with E-state index < -0.39 is 0 Å². The summed E-state index contributed by atoms with van der Waals surface area (Å²) >= 11 is 12.3. The van der Waals surface area contributed by atoms with E-state index in [1.165, 1.54) is 0 Å². The molecule has 0 saturated carbocycles. The molecule has 8 heteroatoms. The number of anilines is 1. The van der Waals surface area contributed by atoms with Crippen LogP contribution in [-0.2, 0) is 0 Å². The molecule has 0 spiro atoms. The summed E-state index contributed by atoms with van der Waals surface area (Å²) in [5.74, 6) is 1.33. The van der Waals surface area contributed by atoms with Gasteiger partial charge in [0.2, 0.25) is 5.95 Å². The second-order valence-corrected chi connectivity index (χ2v) is 6.88. The summed E-state index contributed by atoms with van der Waals surface area (Å²) in [6.45, 7) is 2.49. The molecule has 138 valence electrons. The van der Waals surface area contributed by atoms with Crippen molar-refractivity contribution in [3.05, 3.63) is 64.6 Å². The molecular weight excluding hydrogens is 387 g/mol. The van der Waals surface area contributed by atoms with Gasteiger partial charge in [-0.2, -0.15) is 0 Å². The van der Waals surface area contributed by atoms with Crippen LogP contribution in [0.1, 0.15) is 10.6 Å². The summed E-state index contributed by atoms with van der Waals surface area (Å²) in [7, 11) is 0. The van der Waals surface area contributed by atoms with Crippen molar-refractivity contribution in [3.63, 3.8) is 0 Å². The Balaban J connectivity index is 1.45. The molecule has 1 saturated heterocycles. The maximum Gasteiger partial charge on any atom is 0.289 e. The second kappa shape index (κ2) is 7.58. The largest absolute Gasteiger partial charge is 0.451 e. The van der Waals surface area contributed by atoms with Crippen LogP contribution >= 0.6 is 23.2 Å². The number of amides is 1. The molecule has 3 aromatic rings. The van der Waals surface area contributed by atoms with Crippen LogP contribution < -0.4 is 4.90 Å². The van der Waals surface area contributed by atoms with Crippen LogP contribution in [0.4, 0.5) is 5.95 Å². The highest BCUT2D eigenvalue weighted by molar-refractivity contribution is 6.43. The fourth-order valence-electron chi connectivity index (χ4n) is 3.01. The minimum atomic E-state index is -0.145. The van der Waals surface area contributed by atoms with E-state index in [0.717, 1.165) is 0 Å². The number of piperazine rings is 1. The molecular formula is C19H16Cl2N4O2. The van der Waals surface area contributed by atoms with Crippen molar-refractivity contribution in [3.8, 4) is 11.3 Å². The Kier molecular flexibility index (Phi) is 5.01. The normalized spacial score (nSPS) is 14.4. The van der Waals surface area contributed by atoms with Crippen LogP contribution in [0, 0.1) is 0 Å². The first-order valence-corrected chi connectivity index (χ1v) is 9.24. The zero-order chi connectivity index (χ0) is 18.8. The summed E-state index contributed by atoms with van der Waals surface area (Å²) < 4.78 is 5.76. The molecule has 4 rings (SSSR count). The highest BCUT2D eigenvalue weighted by Crippen LogP contribution is 2.34. The molecule has 0 unspecified atom stereocenters. The monoisotopic (exact) mass is 402 g/mol. The Hall–Kier alpha value is -2.57. The van der Waals surface area contributed by atoms with Gasteiger partial charge in [-0.1, -0.05) is 29.3 Å². The molecule has 0 N–H and O–H groups in total. The van der Waals surface area contributed by atoms with Gasteiger partial charge in [0.1, 0.15) is 5.76 Å². The van der Waals surface area contributed by atoms with Gasteiger partial charge in [0.25, 0.3) is 5.91 Å². The van der Waals surface area contributed by atoms with E-state index in [1.54, 1.807) is 53.7 Å². The van der Waals surface area contributed by atoms with Gasteiger partial charge in [0.15, 0.2) is 5.76 Å². The maximum absolute atomic E-state index is 12.8. The number of carbonyl (C=O) groups excluding carboxylic acids is 1. The number of hydrogen-bond acceptors (Lipinski definition) is 5. The van der Waals surface area contributed by atoms with Crippen LogP contribution in [0.3, 0.4) is 0 Å². The van der Waals surface area contributed by atoms with Crippen molar-refractivity contribution < 1.29 is 9.21 Å².